The van der Waals surface area contributed by atoms with Gasteiger partial charge in [-0.25, -0.2) is 4.79 Å². The van der Waals surface area contributed by atoms with E-state index in [1.807, 2.05) is 26.8 Å². The quantitative estimate of drug-likeness (QED) is 0.613. The van der Waals surface area contributed by atoms with Crippen molar-refractivity contribution in [2.45, 2.75) is 39.8 Å². The van der Waals surface area contributed by atoms with Gasteiger partial charge in [0.2, 0.25) is 0 Å². The van der Waals surface area contributed by atoms with Crippen LogP contribution in [0.5, 0.6) is 5.75 Å². The number of allylic oxidation sites excluding steroid dienone is 1. The first-order chi connectivity index (χ1) is 11.3. The average Bonchev–Trinajstić information content (AvgIpc) is 2.47. The highest BCUT2D eigenvalue weighted by Crippen LogP contribution is 2.33. The lowest BCUT2D eigenvalue weighted by Gasteiger charge is -2.30. The van der Waals surface area contributed by atoms with Crippen LogP contribution in [0.15, 0.2) is 29.5 Å². The summed E-state index contributed by atoms with van der Waals surface area (Å²) in [5.41, 5.74) is 1.96. The van der Waals surface area contributed by atoms with Crippen LogP contribution in [0.25, 0.3) is 0 Å². The molecule has 0 unspecified atom stereocenters. The second-order valence-electron chi connectivity index (χ2n) is 5.65. The molecule has 1 heterocycles. The summed E-state index contributed by atoms with van der Waals surface area (Å²) in [6, 6.07) is 4.99. The maximum Gasteiger partial charge on any atom is 0.338 e. The van der Waals surface area contributed by atoms with E-state index in [2.05, 4.69) is 10.6 Å². The minimum Gasteiger partial charge on any atom is -0.492 e. The summed E-state index contributed by atoms with van der Waals surface area (Å²) in [6.45, 7) is 7.84. The molecule has 1 atom stereocenters. The number of ether oxygens (including phenoxy) is 2. The predicted molar refractivity (Wildman–Crippen MR) is 98.2 cm³/mol. The Morgan fingerprint density at radius 2 is 2.12 bits per heavy atom. The SMILES string of the molecule is CCOc1ccc([C@H]2NC(=S)NC(C)=C2C(=O)OC(C)C)cc1Cl. The molecule has 0 aromatic heterocycles. The zero-order valence-electron chi connectivity index (χ0n) is 14.1. The average molecular weight is 369 g/mol. The maximum absolute atomic E-state index is 12.5. The molecule has 130 valence electrons. The fourth-order valence-electron chi connectivity index (χ4n) is 2.46. The zero-order chi connectivity index (χ0) is 17.9. The number of nitrogens with one attached hydrogen (secondary N) is 2. The number of thiocarbonyl (C=S) groups is 1. The molecule has 0 fully saturated rings. The van der Waals surface area contributed by atoms with E-state index >= 15 is 0 Å². The number of hydrogen-bond acceptors (Lipinski definition) is 4. The van der Waals surface area contributed by atoms with Crippen LogP contribution in [-0.2, 0) is 9.53 Å². The Morgan fingerprint density at radius 3 is 2.71 bits per heavy atom. The summed E-state index contributed by atoms with van der Waals surface area (Å²) in [6.07, 6.45) is -0.212. The van der Waals surface area contributed by atoms with Gasteiger partial charge in [0.1, 0.15) is 5.75 Å². The van der Waals surface area contributed by atoms with Crippen LogP contribution in [0, 0.1) is 0 Å². The smallest absolute Gasteiger partial charge is 0.338 e. The molecule has 0 aliphatic carbocycles. The summed E-state index contributed by atoms with van der Waals surface area (Å²) in [5, 5.41) is 7.01. The minimum atomic E-state index is -0.432. The van der Waals surface area contributed by atoms with Gasteiger partial charge in [0, 0.05) is 5.70 Å². The van der Waals surface area contributed by atoms with Crippen LogP contribution in [-0.4, -0.2) is 23.8 Å². The number of halogens is 1. The van der Waals surface area contributed by atoms with E-state index in [9.17, 15) is 4.79 Å². The highest BCUT2D eigenvalue weighted by atomic mass is 35.5. The first-order valence-electron chi connectivity index (χ1n) is 7.75. The van der Waals surface area contributed by atoms with Gasteiger partial charge < -0.3 is 20.1 Å². The molecule has 2 rings (SSSR count). The molecular weight excluding hydrogens is 348 g/mol. The maximum atomic E-state index is 12.5. The number of hydrogen-bond donors (Lipinski definition) is 2. The molecule has 0 saturated heterocycles. The van der Waals surface area contributed by atoms with Gasteiger partial charge in [-0.15, -0.1) is 0 Å². The lowest BCUT2D eigenvalue weighted by atomic mass is 9.95. The predicted octanol–water partition coefficient (Wildman–Crippen LogP) is 3.48. The summed E-state index contributed by atoms with van der Waals surface area (Å²) in [7, 11) is 0. The number of benzene rings is 1. The Bertz CT molecular complexity index is 688. The van der Waals surface area contributed by atoms with Gasteiger partial charge in [-0.1, -0.05) is 17.7 Å². The van der Waals surface area contributed by atoms with Crippen LogP contribution >= 0.6 is 23.8 Å². The molecule has 5 nitrogen and oxygen atoms in total. The van der Waals surface area contributed by atoms with Gasteiger partial charge in [0.05, 0.1) is 29.3 Å². The summed E-state index contributed by atoms with van der Waals surface area (Å²) in [4.78, 5) is 12.5. The van der Waals surface area contributed by atoms with E-state index < -0.39 is 6.04 Å². The van der Waals surface area contributed by atoms with Crippen LogP contribution in [0.3, 0.4) is 0 Å². The number of carbonyl (C=O) groups excluding carboxylic acids is 1. The monoisotopic (exact) mass is 368 g/mol. The number of carbonyl (C=O) groups is 1. The van der Waals surface area contributed by atoms with Crippen LogP contribution in [0.1, 0.15) is 39.3 Å². The molecule has 0 amide bonds. The fourth-order valence-corrected chi connectivity index (χ4v) is 2.98. The van der Waals surface area contributed by atoms with Crippen molar-refractivity contribution >= 4 is 34.9 Å². The highest BCUT2D eigenvalue weighted by Gasteiger charge is 2.31. The highest BCUT2D eigenvalue weighted by molar-refractivity contribution is 7.80. The molecule has 0 saturated carbocycles. The summed E-state index contributed by atoms with van der Waals surface area (Å²) < 4.78 is 10.8. The van der Waals surface area contributed by atoms with Gasteiger partial charge in [-0.05, 0) is 57.6 Å². The van der Waals surface area contributed by atoms with Gasteiger partial charge in [-0.3, -0.25) is 0 Å². The van der Waals surface area contributed by atoms with E-state index in [4.69, 9.17) is 33.3 Å². The first kappa shape index (κ1) is 18.5. The van der Waals surface area contributed by atoms with Crippen molar-refractivity contribution in [3.05, 3.63) is 40.1 Å². The van der Waals surface area contributed by atoms with Crippen molar-refractivity contribution in [2.75, 3.05) is 6.61 Å². The molecular formula is C17H21ClN2O3S. The Morgan fingerprint density at radius 1 is 1.42 bits per heavy atom. The Balaban J connectivity index is 2.41. The van der Waals surface area contributed by atoms with E-state index in [1.54, 1.807) is 19.1 Å². The summed E-state index contributed by atoms with van der Waals surface area (Å²) >= 11 is 11.5. The van der Waals surface area contributed by atoms with Gasteiger partial charge in [0.15, 0.2) is 5.11 Å². The normalized spacial score (nSPS) is 17.4. The molecule has 1 aliphatic heterocycles. The minimum absolute atomic E-state index is 0.212. The van der Waals surface area contributed by atoms with Gasteiger partial charge in [-0.2, -0.15) is 0 Å². The van der Waals surface area contributed by atoms with Crippen molar-refractivity contribution < 1.29 is 14.3 Å². The van der Waals surface area contributed by atoms with Crippen LogP contribution < -0.4 is 15.4 Å². The Hall–Kier alpha value is -1.79. The topological polar surface area (TPSA) is 59.6 Å². The molecule has 7 heteroatoms. The second-order valence-corrected chi connectivity index (χ2v) is 6.46. The second kappa shape index (κ2) is 7.85. The van der Waals surface area contributed by atoms with Crippen LogP contribution in [0.4, 0.5) is 0 Å². The Kier molecular flexibility index (Phi) is 6.07. The molecule has 1 aromatic carbocycles. The largest absolute Gasteiger partial charge is 0.492 e. The molecule has 0 radical (unpaired) electrons. The lowest BCUT2D eigenvalue weighted by Crippen LogP contribution is -2.45. The van der Waals surface area contributed by atoms with E-state index in [1.165, 1.54) is 0 Å². The standard InChI is InChI=1S/C17H21ClN2O3S/c1-5-22-13-7-6-11(8-12(13)18)15-14(16(21)23-9(2)3)10(4)19-17(24)20-15/h6-9,15H,5H2,1-4H3,(H2,19,20,24)/t15-/m1/s1. The Labute approximate surface area is 152 Å². The van der Waals surface area contributed by atoms with Gasteiger partial charge in [0.25, 0.3) is 0 Å². The first-order valence-corrected chi connectivity index (χ1v) is 8.53. The molecule has 2 N–H and O–H groups in total. The van der Waals surface area contributed by atoms with Crippen molar-refractivity contribution in [3.8, 4) is 5.75 Å². The third kappa shape index (κ3) is 4.19. The summed E-state index contributed by atoms with van der Waals surface area (Å²) in [5.74, 6) is 0.214. The molecule has 0 spiro atoms. The number of rotatable bonds is 5. The van der Waals surface area contributed by atoms with Crippen molar-refractivity contribution in [2.24, 2.45) is 0 Å². The fraction of sp³-hybridized carbons (Fsp3) is 0.412. The van der Waals surface area contributed by atoms with Crippen LogP contribution in [0.2, 0.25) is 5.02 Å². The zero-order valence-corrected chi connectivity index (χ0v) is 15.7. The van der Waals surface area contributed by atoms with Gasteiger partial charge >= 0.3 is 5.97 Å². The molecule has 1 aliphatic rings. The van der Waals surface area contributed by atoms with E-state index in [0.717, 1.165) is 5.56 Å². The lowest BCUT2D eigenvalue weighted by molar-refractivity contribution is -0.143. The third-order valence-corrected chi connectivity index (χ3v) is 3.94. The van der Waals surface area contributed by atoms with Crippen molar-refractivity contribution in [1.82, 2.24) is 10.6 Å². The third-order valence-electron chi connectivity index (χ3n) is 3.42. The molecule has 0 bridgehead atoms. The number of esters is 1. The van der Waals surface area contributed by atoms with E-state index in [-0.39, 0.29) is 12.1 Å². The van der Waals surface area contributed by atoms with Crippen molar-refractivity contribution in [3.63, 3.8) is 0 Å². The van der Waals surface area contributed by atoms with Crippen molar-refractivity contribution in [1.29, 1.82) is 0 Å². The molecule has 24 heavy (non-hydrogen) atoms. The molecule has 1 aromatic rings. The van der Waals surface area contributed by atoms with E-state index in [0.29, 0.717) is 33.8 Å².